The molecule has 8 nitrogen and oxygen atoms in total. The van der Waals surface area contributed by atoms with E-state index in [9.17, 15) is 19.5 Å². The molecule has 0 bridgehead atoms. The topological polar surface area (TPSA) is 99.2 Å². The molecule has 0 radical (unpaired) electrons. The average molecular weight is 540 g/mol. The number of benzene rings is 2. The van der Waals surface area contributed by atoms with Gasteiger partial charge in [-0.1, -0.05) is 25.1 Å². The molecule has 0 aromatic heterocycles. The van der Waals surface area contributed by atoms with Gasteiger partial charge in [-0.15, -0.1) is 0 Å². The lowest BCUT2D eigenvalue weighted by atomic mass is 9.82. The Morgan fingerprint density at radius 3 is 2.66 bits per heavy atom. The van der Waals surface area contributed by atoms with E-state index in [1.54, 1.807) is 36.2 Å². The molecule has 5 atom stereocenters. The first-order valence-electron chi connectivity index (χ1n) is 13.1. The fourth-order valence-corrected chi connectivity index (χ4v) is 9.20. The number of halogens is 1. The smallest absolute Gasteiger partial charge is 0.261 e. The van der Waals surface area contributed by atoms with E-state index < -0.39 is 31.6 Å². The second kappa shape index (κ2) is 9.90. The van der Waals surface area contributed by atoms with Crippen LogP contribution < -0.4 is 10.2 Å². The van der Waals surface area contributed by atoms with E-state index in [0.717, 1.165) is 12.8 Å². The predicted molar refractivity (Wildman–Crippen MR) is 144 cm³/mol. The van der Waals surface area contributed by atoms with Gasteiger partial charge in [-0.2, -0.15) is 0 Å². The molecule has 2 fully saturated rings. The van der Waals surface area contributed by atoms with Crippen molar-refractivity contribution in [3.63, 3.8) is 0 Å². The van der Waals surface area contributed by atoms with Crippen molar-refractivity contribution >= 4 is 43.7 Å². The van der Waals surface area contributed by atoms with Crippen LogP contribution in [0.5, 0.6) is 0 Å². The summed E-state index contributed by atoms with van der Waals surface area (Å²) in [5.74, 6) is -1.12. The summed E-state index contributed by atoms with van der Waals surface area (Å²) < 4.78 is 22.4. The van der Waals surface area contributed by atoms with Crippen LogP contribution in [0.1, 0.15) is 31.7 Å². The third-order valence-electron chi connectivity index (χ3n) is 8.40. The molecule has 2 N–H and O–H groups in total. The summed E-state index contributed by atoms with van der Waals surface area (Å²) in [5.41, 5.74) is 0.211. The number of carbonyl (C=O) groups excluding carboxylic acids is 3. The zero-order valence-corrected chi connectivity index (χ0v) is 22.9. The van der Waals surface area contributed by atoms with Crippen molar-refractivity contribution in [2.75, 3.05) is 23.4 Å². The minimum Gasteiger partial charge on any atom is -0.394 e. The molecule has 0 saturated carbocycles. The number of aliphatic hydroxyl groups excluding tert-OH is 1. The van der Waals surface area contributed by atoms with Gasteiger partial charge in [0.25, 0.3) is 5.91 Å². The molecule has 3 heterocycles. The Balaban J connectivity index is 1.53. The molecule has 202 valence electrons. The number of amides is 3. The first-order chi connectivity index (χ1) is 18.1. The number of aliphatic hydroxyl groups is 1. The van der Waals surface area contributed by atoms with Crippen molar-refractivity contribution in [3.05, 3.63) is 54.1 Å². The standard InChI is InChI=1S/C28H34FN3O5Si/c1-18-26(38(2,3)29)24(15-25(35)31-13-7-10-21(31)16-33)37-28(18)22-14-20(11-12-23(22)30-27(28)36)32(17-34)19-8-5-4-6-9-19/h4-6,8-9,11-12,14,17-18,21,24,26,33H,7,10,13,15-16H2,1-3H3,(H,30,36)/t18-,21+,24+,26-,28+/m1/s1. The number of likely N-dealkylation sites (tertiary alicyclic amines) is 1. The number of hydrogen-bond donors (Lipinski definition) is 2. The summed E-state index contributed by atoms with van der Waals surface area (Å²) >= 11 is 0. The average Bonchev–Trinajstić information content (AvgIpc) is 3.55. The second-order valence-electron chi connectivity index (χ2n) is 11.0. The number of fused-ring (bicyclic) bond motifs is 2. The van der Waals surface area contributed by atoms with Crippen molar-refractivity contribution in [1.29, 1.82) is 0 Å². The third kappa shape index (κ3) is 4.24. The van der Waals surface area contributed by atoms with E-state index in [-0.39, 0.29) is 30.9 Å². The van der Waals surface area contributed by atoms with E-state index in [1.807, 2.05) is 37.3 Å². The first-order valence-corrected chi connectivity index (χ1v) is 16.1. The molecule has 3 aliphatic heterocycles. The van der Waals surface area contributed by atoms with Crippen molar-refractivity contribution < 1.29 is 28.3 Å². The Hall–Kier alpha value is -3.08. The van der Waals surface area contributed by atoms with Crippen LogP contribution in [0.4, 0.5) is 21.2 Å². The third-order valence-corrected chi connectivity index (χ3v) is 10.9. The minimum atomic E-state index is -3.41. The van der Waals surface area contributed by atoms with Crippen LogP contribution in [0.2, 0.25) is 18.6 Å². The Kier molecular flexibility index (Phi) is 6.91. The van der Waals surface area contributed by atoms with Gasteiger partial charge in [0, 0.05) is 40.6 Å². The van der Waals surface area contributed by atoms with Crippen molar-refractivity contribution in [1.82, 2.24) is 4.90 Å². The Morgan fingerprint density at radius 1 is 1.26 bits per heavy atom. The van der Waals surface area contributed by atoms with Crippen LogP contribution in [0.3, 0.4) is 0 Å². The van der Waals surface area contributed by atoms with Crippen molar-refractivity contribution in [2.24, 2.45) is 5.92 Å². The number of nitrogens with zero attached hydrogens (tertiary/aromatic N) is 2. The molecular weight excluding hydrogens is 505 g/mol. The second-order valence-corrected chi connectivity index (χ2v) is 14.8. The van der Waals surface area contributed by atoms with E-state index in [4.69, 9.17) is 4.74 Å². The lowest BCUT2D eigenvalue weighted by molar-refractivity contribution is -0.148. The van der Waals surface area contributed by atoms with Crippen molar-refractivity contribution in [3.8, 4) is 0 Å². The number of hydrogen-bond acceptors (Lipinski definition) is 5. The summed E-state index contributed by atoms with van der Waals surface area (Å²) in [6.07, 6.45) is 1.40. The van der Waals surface area contributed by atoms with Crippen LogP contribution in [-0.4, -0.2) is 61.9 Å². The van der Waals surface area contributed by atoms with Gasteiger partial charge in [-0.05, 0) is 56.3 Å². The molecule has 2 aromatic rings. The van der Waals surface area contributed by atoms with Crippen LogP contribution >= 0.6 is 0 Å². The maximum absolute atomic E-state index is 15.9. The number of carbonyl (C=O) groups is 3. The molecule has 5 rings (SSSR count). The van der Waals surface area contributed by atoms with E-state index in [2.05, 4.69) is 5.32 Å². The molecule has 0 aliphatic carbocycles. The summed E-state index contributed by atoms with van der Waals surface area (Å²) in [6, 6.07) is 14.1. The number of ether oxygens (including phenoxy) is 1. The highest BCUT2D eigenvalue weighted by Crippen LogP contribution is 2.59. The van der Waals surface area contributed by atoms with Gasteiger partial charge >= 0.3 is 0 Å². The van der Waals surface area contributed by atoms with E-state index >= 15 is 4.11 Å². The zero-order chi connectivity index (χ0) is 27.2. The molecule has 38 heavy (non-hydrogen) atoms. The first kappa shape index (κ1) is 26.5. The zero-order valence-electron chi connectivity index (χ0n) is 21.9. The highest BCUT2D eigenvalue weighted by molar-refractivity contribution is 6.72. The number of nitrogens with one attached hydrogen (secondary N) is 1. The Morgan fingerprint density at radius 2 is 2.00 bits per heavy atom. The van der Waals surface area contributed by atoms with Crippen LogP contribution in [0.15, 0.2) is 48.5 Å². The molecule has 3 aliphatic rings. The molecule has 1 spiro atoms. The summed E-state index contributed by atoms with van der Waals surface area (Å²) in [4.78, 5) is 42.1. The Labute approximate surface area is 222 Å². The molecule has 2 saturated heterocycles. The monoisotopic (exact) mass is 539 g/mol. The molecular formula is C28H34FN3O5Si. The predicted octanol–water partition coefficient (Wildman–Crippen LogP) is 4.08. The molecule has 2 aromatic carbocycles. The van der Waals surface area contributed by atoms with E-state index in [1.165, 1.54) is 4.90 Å². The van der Waals surface area contributed by atoms with Gasteiger partial charge < -0.3 is 24.2 Å². The highest BCUT2D eigenvalue weighted by Gasteiger charge is 2.65. The summed E-state index contributed by atoms with van der Waals surface area (Å²) in [6.45, 7) is 5.44. The van der Waals surface area contributed by atoms with Crippen LogP contribution in [-0.2, 0) is 24.7 Å². The van der Waals surface area contributed by atoms with Crippen molar-refractivity contribution in [2.45, 2.75) is 62.6 Å². The molecule has 0 unspecified atom stereocenters. The number of para-hydroxylation sites is 1. The lowest BCUT2D eigenvalue weighted by Crippen LogP contribution is -2.42. The maximum atomic E-state index is 15.9. The van der Waals surface area contributed by atoms with Crippen LogP contribution in [0, 0.1) is 5.92 Å². The Bertz CT molecular complexity index is 1240. The van der Waals surface area contributed by atoms with E-state index in [0.29, 0.717) is 35.6 Å². The SMILES string of the molecule is C[C@@H]1[C@@H]([Si](C)(C)F)[C@H](CC(=O)N2CCC[C@H]2CO)O[C@@]12C(=O)Nc1ccc(N(C=O)c3ccccc3)cc12. The maximum Gasteiger partial charge on any atom is 0.261 e. The number of anilines is 3. The van der Waals surface area contributed by atoms with Gasteiger partial charge in [0.1, 0.15) is 0 Å². The molecule has 3 amide bonds. The van der Waals surface area contributed by atoms with Gasteiger partial charge in [0.2, 0.25) is 20.7 Å². The largest absolute Gasteiger partial charge is 0.394 e. The lowest BCUT2D eigenvalue weighted by Gasteiger charge is -2.31. The fourth-order valence-electron chi connectivity index (χ4n) is 6.71. The van der Waals surface area contributed by atoms with Gasteiger partial charge in [0.05, 0.1) is 25.2 Å². The minimum absolute atomic E-state index is 0.0552. The van der Waals surface area contributed by atoms with Gasteiger partial charge in [-0.25, -0.2) is 0 Å². The van der Waals surface area contributed by atoms with Gasteiger partial charge in [0.15, 0.2) is 5.60 Å². The number of rotatable bonds is 7. The summed E-state index contributed by atoms with van der Waals surface area (Å²) in [5, 5.41) is 12.6. The fraction of sp³-hybridized carbons (Fsp3) is 0.464. The summed E-state index contributed by atoms with van der Waals surface area (Å²) in [7, 11) is -3.41. The normalized spacial score (nSPS) is 28.4. The highest BCUT2D eigenvalue weighted by atomic mass is 28.4. The molecule has 10 heteroatoms. The quantitative estimate of drug-likeness (QED) is 0.314. The van der Waals surface area contributed by atoms with Gasteiger partial charge in [-0.3, -0.25) is 19.3 Å². The van der Waals surface area contributed by atoms with Crippen LogP contribution in [0.25, 0.3) is 0 Å².